The van der Waals surface area contributed by atoms with E-state index in [0.29, 0.717) is 0 Å². The normalized spacial score (nSPS) is 10.4. The average molecular weight is 246 g/mol. The summed E-state index contributed by atoms with van der Waals surface area (Å²) < 4.78 is 0. The van der Waals surface area contributed by atoms with Crippen molar-refractivity contribution in [3.05, 3.63) is 72.7 Å². The lowest BCUT2D eigenvalue weighted by molar-refractivity contribution is 1.17. The molecular weight excluding hydrogens is 232 g/mol. The molecule has 0 spiro atoms. The Balaban J connectivity index is 2.15. The molecule has 0 saturated carbocycles. The number of nitrogens with zero attached hydrogens (tertiary/aromatic N) is 2. The molecule has 1 heterocycles. The lowest BCUT2D eigenvalue weighted by Gasteiger charge is -2.08. The van der Waals surface area contributed by atoms with E-state index in [1.165, 1.54) is 5.56 Å². The molecule has 3 aromatic rings. The van der Waals surface area contributed by atoms with E-state index in [2.05, 4.69) is 53.3 Å². The van der Waals surface area contributed by atoms with Crippen molar-refractivity contribution in [3.8, 4) is 22.4 Å². The highest BCUT2D eigenvalue weighted by molar-refractivity contribution is 5.79. The summed E-state index contributed by atoms with van der Waals surface area (Å²) in [6.45, 7) is 2.09. The quantitative estimate of drug-likeness (QED) is 0.679. The van der Waals surface area contributed by atoms with Gasteiger partial charge in [-0.05, 0) is 12.5 Å². The van der Waals surface area contributed by atoms with Crippen LogP contribution in [0.4, 0.5) is 0 Å². The Labute approximate surface area is 112 Å². The maximum Gasteiger partial charge on any atom is 0.116 e. The monoisotopic (exact) mass is 246 g/mol. The molecule has 0 saturated heterocycles. The van der Waals surface area contributed by atoms with Crippen LogP contribution in [0, 0.1) is 6.92 Å². The number of aryl methyl sites for hydroxylation is 1. The van der Waals surface area contributed by atoms with Gasteiger partial charge in [-0.1, -0.05) is 60.2 Å². The van der Waals surface area contributed by atoms with Gasteiger partial charge in [0.2, 0.25) is 0 Å². The van der Waals surface area contributed by atoms with Gasteiger partial charge in [0.1, 0.15) is 6.33 Å². The highest BCUT2D eigenvalue weighted by atomic mass is 14.8. The highest BCUT2D eigenvalue weighted by Crippen LogP contribution is 2.29. The van der Waals surface area contributed by atoms with Crippen molar-refractivity contribution in [2.24, 2.45) is 0 Å². The molecule has 1 aromatic heterocycles. The van der Waals surface area contributed by atoms with Crippen molar-refractivity contribution < 1.29 is 0 Å². The molecule has 0 amide bonds. The van der Waals surface area contributed by atoms with Crippen LogP contribution in [0.15, 0.2) is 67.1 Å². The zero-order valence-corrected chi connectivity index (χ0v) is 10.7. The Morgan fingerprint density at radius 2 is 1.53 bits per heavy atom. The maximum atomic E-state index is 4.44. The molecule has 0 unspecified atom stereocenters. The summed E-state index contributed by atoms with van der Waals surface area (Å²) >= 11 is 0. The first-order valence-electron chi connectivity index (χ1n) is 6.27. The van der Waals surface area contributed by atoms with Crippen LogP contribution in [-0.4, -0.2) is 9.97 Å². The molecular formula is C17H14N2. The first kappa shape index (κ1) is 11.6. The molecule has 0 fully saturated rings. The van der Waals surface area contributed by atoms with E-state index in [1.807, 2.05) is 24.4 Å². The van der Waals surface area contributed by atoms with E-state index in [-0.39, 0.29) is 0 Å². The summed E-state index contributed by atoms with van der Waals surface area (Å²) in [6.07, 6.45) is 3.47. The van der Waals surface area contributed by atoms with Gasteiger partial charge in [-0.15, -0.1) is 0 Å². The van der Waals surface area contributed by atoms with E-state index in [4.69, 9.17) is 0 Å². The summed E-state index contributed by atoms with van der Waals surface area (Å²) in [4.78, 5) is 8.60. The van der Waals surface area contributed by atoms with E-state index in [9.17, 15) is 0 Å². The van der Waals surface area contributed by atoms with Gasteiger partial charge in [0, 0.05) is 17.3 Å². The fraction of sp³-hybridized carbons (Fsp3) is 0.0588. The van der Waals surface area contributed by atoms with Gasteiger partial charge in [0.25, 0.3) is 0 Å². The summed E-state index contributed by atoms with van der Waals surface area (Å²) in [5, 5.41) is 0. The fourth-order valence-electron chi connectivity index (χ4n) is 2.10. The summed E-state index contributed by atoms with van der Waals surface area (Å²) in [5.74, 6) is 0. The topological polar surface area (TPSA) is 25.8 Å². The van der Waals surface area contributed by atoms with Crippen LogP contribution in [0.5, 0.6) is 0 Å². The van der Waals surface area contributed by atoms with Crippen LogP contribution >= 0.6 is 0 Å². The third kappa shape index (κ3) is 2.38. The Hall–Kier alpha value is -2.48. The van der Waals surface area contributed by atoms with Crippen molar-refractivity contribution in [2.45, 2.75) is 6.92 Å². The minimum Gasteiger partial charge on any atom is -0.244 e. The molecule has 92 valence electrons. The predicted octanol–water partition coefficient (Wildman–Crippen LogP) is 4.12. The first-order valence-corrected chi connectivity index (χ1v) is 6.27. The minimum atomic E-state index is 0.972. The largest absolute Gasteiger partial charge is 0.244 e. The van der Waals surface area contributed by atoms with Crippen molar-refractivity contribution in [1.82, 2.24) is 9.97 Å². The molecule has 0 aliphatic carbocycles. The Kier molecular flexibility index (Phi) is 3.07. The van der Waals surface area contributed by atoms with E-state index < -0.39 is 0 Å². The molecule has 0 radical (unpaired) electrons. The van der Waals surface area contributed by atoms with Crippen molar-refractivity contribution in [1.29, 1.82) is 0 Å². The molecule has 0 aliphatic rings. The van der Waals surface area contributed by atoms with Crippen LogP contribution in [0.25, 0.3) is 22.4 Å². The van der Waals surface area contributed by atoms with Gasteiger partial charge >= 0.3 is 0 Å². The maximum absolute atomic E-state index is 4.44. The first-order chi connectivity index (χ1) is 9.34. The third-order valence-corrected chi connectivity index (χ3v) is 3.12. The number of aromatic nitrogens is 2. The van der Waals surface area contributed by atoms with Crippen LogP contribution in [-0.2, 0) is 0 Å². The smallest absolute Gasteiger partial charge is 0.116 e. The molecule has 2 heteroatoms. The van der Waals surface area contributed by atoms with Gasteiger partial charge in [-0.2, -0.15) is 0 Å². The summed E-state index contributed by atoms with van der Waals surface area (Å²) in [7, 11) is 0. The second-order valence-corrected chi connectivity index (χ2v) is 4.52. The molecule has 0 N–H and O–H groups in total. The summed E-state index contributed by atoms with van der Waals surface area (Å²) in [6, 6.07) is 18.6. The predicted molar refractivity (Wildman–Crippen MR) is 77.6 cm³/mol. The SMILES string of the molecule is Cc1ccc(-c2cncnc2-c2ccccc2)cc1. The third-order valence-electron chi connectivity index (χ3n) is 3.12. The lowest BCUT2D eigenvalue weighted by atomic mass is 10.0. The Morgan fingerprint density at radius 1 is 0.789 bits per heavy atom. The minimum absolute atomic E-state index is 0.972. The van der Waals surface area contributed by atoms with Crippen LogP contribution in [0.1, 0.15) is 5.56 Å². The van der Waals surface area contributed by atoms with Gasteiger partial charge in [0.15, 0.2) is 0 Å². The second kappa shape index (κ2) is 5.02. The molecule has 0 aliphatic heterocycles. The molecule has 19 heavy (non-hydrogen) atoms. The van der Waals surface area contributed by atoms with Crippen molar-refractivity contribution in [2.75, 3.05) is 0 Å². The van der Waals surface area contributed by atoms with Crippen LogP contribution < -0.4 is 0 Å². The molecule has 0 bridgehead atoms. The second-order valence-electron chi connectivity index (χ2n) is 4.52. The van der Waals surface area contributed by atoms with Gasteiger partial charge < -0.3 is 0 Å². The number of hydrogen-bond donors (Lipinski definition) is 0. The fourth-order valence-corrected chi connectivity index (χ4v) is 2.10. The zero-order chi connectivity index (χ0) is 13.1. The van der Waals surface area contributed by atoms with Gasteiger partial charge in [-0.3, -0.25) is 0 Å². The standard InChI is InChI=1S/C17H14N2/c1-13-7-9-14(10-8-13)16-11-18-12-19-17(16)15-5-3-2-4-6-15/h2-12H,1H3. The Morgan fingerprint density at radius 3 is 2.26 bits per heavy atom. The molecule has 0 atom stereocenters. The van der Waals surface area contributed by atoms with E-state index >= 15 is 0 Å². The van der Waals surface area contributed by atoms with Crippen LogP contribution in [0.3, 0.4) is 0 Å². The van der Waals surface area contributed by atoms with Crippen molar-refractivity contribution in [3.63, 3.8) is 0 Å². The Bertz CT molecular complexity index is 673. The number of benzene rings is 2. The number of hydrogen-bond acceptors (Lipinski definition) is 2. The van der Waals surface area contributed by atoms with Gasteiger partial charge in [0.05, 0.1) is 5.69 Å². The number of rotatable bonds is 2. The zero-order valence-electron chi connectivity index (χ0n) is 10.7. The van der Waals surface area contributed by atoms with E-state index in [1.54, 1.807) is 6.33 Å². The highest BCUT2D eigenvalue weighted by Gasteiger charge is 2.08. The van der Waals surface area contributed by atoms with Crippen molar-refractivity contribution >= 4 is 0 Å². The average Bonchev–Trinajstić information content (AvgIpc) is 2.49. The van der Waals surface area contributed by atoms with E-state index in [0.717, 1.165) is 22.4 Å². The molecule has 2 nitrogen and oxygen atoms in total. The summed E-state index contributed by atoms with van der Waals surface area (Å²) in [5.41, 5.74) is 5.54. The molecule has 3 rings (SSSR count). The van der Waals surface area contributed by atoms with Crippen LogP contribution in [0.2, 0.25) is 0 Å². The lowest BCUT2D eigenvalue weighted by Crippen LogP contribution is -1.90. The van der Waals surface area contributed by atoms with Gasteiger partial charge in [-0.25, -0.2) is 9.97 Å². The molecule has 2 aromatic carbocycles.